The number of rotatable bonds is 4. The highest BCUT2D eigenvalue weighted by atomic mass is 32.2. The molecule has 7 nitrogen and oxygen atoms in total. The fraction of sp³-hybridized carbons (Fsp3) is 0.391. The summed E-state index contributed by atoms with van der Waals surface area (Å²) in [5.41, 5.74) is 1.83. The van der Waals surface area contributed by atoms with Crippen molar-refractivity contribution >= 4 is 27.5 Å². The van der Waals surface area contributed by atoms with Gasteiger partial charge in [-0.15, -0.1) is 0 Å². The maximum absolute atomic E-state index is 13.0. The first-order chi connectivity index (χ1) is 14.9. The number of nitrogens with zero attached hydrogens (tertiary/aromatic N) is 1. The summed E-state index contributed by atoms with van der Waals surface area (Å²) in [5.74, 6) is -0.649. The van der Waals surface area contributed by atoms with Crippen LogP contribution in [0.1, 0.15) is 31.2 Å². The van der Waals surface area contributed by atoms with Crippen molar-refractivity contribution in [3.8, 4) is 0 Å². The number of anilines is 1. The summed E-state index contributed by atoms with van der Waals surface area (Å²) in [4.78, 5) is 25.2. The van der Waals surface area contributed by atoms with Gasteiger partial charge >= 0.3 is 0 Å². The number of carbonyl (C=O) groups is 2. The number of nitrogens with one attached hydrogen (secondary N) is 2. The highest BCUT2D eigenvalue weighted by Gasteiger charge is 2.27. The van der Waals surface area contributed by atoms with Gasteiger partial charge in [0.15, 0.2) is 0 Å². The molecule has 3 rings (SSSR count). The summed E-state index contributed by atoms with van der Waals surface area (Å²) in [7, 11) is -3.70. The predicted molar refractivity (Wildman–Crippen MR) is 120 cm³/mol. The van der Waals surface area contributed by atoms with E-state index in [-0.39, 0.29) is 42.1 Å². The Morgan fingerprint density at radius 2 is 1.74 bits per heavy atom. The Kier molecular flexibility index (Phi) is 7.81. The lowest BCUT2D eigenvalue weighted by atomic mass is 9.98. The summed E-state index contributed by atoms with van der Waals surface area (Å²) in [6.07, 6.45) is 1.67. The number of amides is 2. The first kappa shape index (κ1) is 23.0. The second kappa shape index (κ2) is 10.5. The Hall–Kier alpha value is -2.71. The lowest BCUT2D eigenvalue weighted by Crippen LogP contribution is -2.35. The van der Waals surface area contributed by atoms with Gasteiger partial charge in [-0.1, -0.05) is 35.9 Å². The largest absolute Gasteiger partial charge is 0.356 e. The van der Waals surface area contributed by atoms with Crippen LogP contribution >= 0.6 is 0 Å². The molecule has 1 atom stereocenters. The van der Waals surface area contributed by atoms with E-state index in [1.54, 1.807) is 30.3 Å². The molecule has 2 amide bonds. The van der Waals surface area contributed by atoms with Gasteiger partial charge < -0.3 is 10.6 Å². The normalized spacial score (nSPS) is 19.1. The number of hydrogen-bond acceptors (Lipinski definition) is 4. The second-order valence-corrected chi connectivity index (χ2v) is 9.74. The lowest BCUT2D eigenvalue weighted by molar-refractivity contribution is -0.122. The quantitative estimate of drug-likeness (QED) is 0.760. The van der Waals surface area contributed by atoms with E-state index < -0.39 is 10.0 Å². The number of sulfonamides is 1. The Balaban J connectivity index is 1.71. The molecule has 1 heterocycles. The molecule has 166 valence electrons. The van der Waals surface area contributed by atoms with Crippen molar-refractivity contribution in [3.05, 3.63) is 60.2 Å². The van der Waals surface area contributed by atoms with Gasteiger partial charge in [0.2, 0.25) is 21.8 Å². The summed E-state index contributed by atoms with van der Waals surface area (Å²) in [6.45, 7) is 2.74. The lowest BCUT2D eigenvalue weighted by Gasteiger charge is -2.22. The maximum atomic E-state index is 13.0. The van der Waals surface area contributed by atoms with Crippen molar-refractivity contribution in [3.63, 3.8) is 0 Å². The van der Waals surface area contributed by atoms with Gasteiger partial charge in [-0.3, -0.25) is 9.59 Å². The van der Waals surface area contributed by atoms with Crippen molar-refractivity contribution in [1.82, 2.24) is 9.62 Å². The molecule has 1 unspecified atom stereocenters. The van der Waals surface area contributed by atoms with Crippen molar-refractivity contribution in [2.75, 3.05) is 25.0 Å². The maximum Gasteiger partial charge on any atom is 0.243 e. The molecule has 1 saturated heterocycles. The van der Waals surface area contributed by atoms with E-state index in [0.29, 0.717) is 25.8 Å². The third-order valence-corrected chi connectivity index (χ3v) is 7.35. The summed E-state index contributed by atoms with van der Waals surface area (Å²) < 4.78 is 27.4. The first-order valence-electron chi connectivity index (χ1n) is 10.6. The Bertz CT molecular complexity index is 991. The minimum absolute atomic E-state index is 0.0896. The average molecular weight is 444 g/mol. The van der Waals surface area contributed by atoms with Crippen LogP contribution in [0.3, 0.4) is 0 Å². The van der Waals surface area contributed by atoms with Gasteiger partial charge in [-0.25, -0.2) is 8.42 Å². The predicted octanol–water partition coefficient (Wildman–Crippen LogP) is 2.93. The number of hydrogen-bond donors (Lipinski definition) is 2. The SMILES string of the molecule is Cc1ccc(NC(=O)C2CCCN(S(=O)(=O)c3ccccc3)CCC(=O)NCC2)cc1. The zero-order chi connectivity index (χ0) is 22.3. The summed E-state index contributed by atoms with van der Waals surface area (Å²) in [5, 5.41) is 5.74. The minimum atomic E-state index is -3.70. The van der Waals surface area contributed by atoms with E-state index >= 15 is 0 Å². The van der Waals surface area contributed by atoms with Crippen LogP contribution in [0.2, 0.25) is 0 Å². The van der Waals surface area contributed by atoms with Gasteiger partial charge in [0.1, 0.15) is 0 Å². The molecule has 0 bridgehead atoms. The summed E-state index contributed by atoms with van der Waals surface area (Å²) in [6, 6.07) is 15.8. The van der Waals surface area contributed by atoms with Crippen molar-refractivity contribution < 1.29 is 18.0 Å². The molecule has 0 aromatic heterocycles. The smallest absolute Gasteiger partial charge is 0.243 e. The topological polar surface area (TPSA) is 95.6 Å². The average Bonchev–Trinajstić information content (AvgIpc) is 2.80. The molecular formula is C23H29N3O4S. The third-order valence-electron chi connectivity index (χ3n) is 5.43. The second-order valence-electron chi connectivity index (χ2n) is 7.80. The molecule has 2 aromatic rings. The van der Waals surface area contributed by atoms with Crippen LogP contribution in [0, 0.1) is 12.8 Å². The zero-order valence-electron chi connectivity index (χ0n) is 17.7. The Labute approximate surface area is 183 Å². The van der Waals surface area contributed by atoms with Gasteiger partial charge in [0, 0.05) is 37.7 Å². The molecule has 0 saturated carbocycles. The molecule has 1 fully saturated rings. The number of carbonyl (C=O) groups excluding carboxylic acids is 2. The van der Waals surface area contributed by atoms with E-state index in [4.69, 9.17) is 0 Å². The number of benzene rings is 2. The van der Waals surface area contributed by atoms with E-state index in [9.17, 15) is 18.0 Å². The van der Waals surface area contributed by atoms with Gasteiger partial charge in [-0.05, 0) is 50.5 Å². The highest BCUT2D eigenvalue weighted by molar-refractivity contribution is 7.89. The third kappa shape index (κ3) is 6.38. The molecule has 0 aliphatic carbocycles. The molecule has 31 heavy (non-hydrogen) atoms. The van der Waals surface area contributed by atoms with Crippen LogP contribution in [0.25, 0.3) is 0 Å². The van der Waals surface area contributed by atoms with Crippen LogP contribution in [-0.4, -0.2) is 44.2 Å². The van der Waals surface area contributed by atoms with Crippen LogP contribution < -0.4 is 10.6 Å². The molecule has 0 radical (unpaired) electrons. The first-order valence-corrected chi connectivity index (χ1v) is 12.0. The zero-order valence-corrected chi connectivity index (χ0v) is 18.5. The molecule has 1 aliphatic heterocycles. The van der Waals surface area contributed by atoms with Gasteiger partial charge in [0.25, 0.3) is 0 Å². The van der Waals surface area contributed by atoms with Crippen molar-refractivity contribution in [2.45, 2.75) is 37.5 Å². The molecule has 2 N–H and O–H groups in total. The molecule has 2 aromatic carbocycles. The monoisotopic (exact) mass is 443 g/mol. The van der Waals surface area contributed by atoms with Crippen LogP contribution in [0.5, 0.6) is 0 Å². The fourth-order valence-electron chi connectivity index (χ4n) is 3.60. The van der Waals surface area contributed by atoms with Crippen molar-refractivity contribution in [2.24, 2.45) is 5.92 Å². The van der Waals surface area contributed by atoms with E-state index in [1.807, 2.05) is 31.2 Å². The molecular weight excluding hydrogens is 414 g/mol. The minimum Gasteiger partial charge on any atom is -0.356 e. The summed E-state index contributed by atoms with van der Waals surface area (Å²) >= 11 is 0. The van der Waals surface area contributed by atoms with E-state index in [1.165, 1.54) is 4.31 Å². The van der Waals surface area contributed by atoms with E-state index in [0.717, 1.165) is 11.3 Å². The molecule has 1 aliphatic rings. The van der Waals surface area contributed by atoms with Gasteiger partial charge in [0.05, 0.1) is 4.90 Å². The Morgan fingerprint density at radius 3 is 2.45 bits per heavy atom. The van der Waals surface area contributed by atoms with Crippen LogP contribution in [0.4, 0.5) is 5.69 Å². The van der Waals surface area contributed by atoms with Crippen LogP contribution in [0.15, 0.2) is 59.5 Å². The van der Waals surface area contributed by atoms with Crippen LogP contribution in [-0.2, 0) is 19.6 Å². The molecule has 8 heteroatoms. The highest BCUT2D eigenvalue weighted by Crippen LogP contribution is 2.20. The van der Waals surface area contributed by atoms with Gasteiger partial charge in [-0.2, -0.15) is 4.31 Å². The van der Waals surface area contributed by atoms with E-state index in [2.05, 4.69) is 10.6 Å². The Morgan fingerprint density at radius 1 is 1.03 bits per heavy atom. The molecule has 0 spiro atoms. The number of aryl methyl sites for hydroxylation is 1. The standard InChI is InChI=1S/C23H29N3O4S/c1-18-9-11-20(12-10-18)25-23(28)19-6-5-16-26(17-14-22(27)24-15-13-19)31(29,30)21-7-3-2-4-8-21/h2-4,7-12,19H,5-6,13-17H2,1H3,(H,24,27)(H,25,28). The van der Waals surface area contributed by atoms with Crippen molar-refractivity contribution in [1.29, 1.82) is 0 Å². The fourth-order valence-corrected chi connectivity index (χ4v) is 5.10.